The van der Waals surface area contributed by atoms with Gasteiger partial charge in [-0.1, -0.05) is 23.4 Å². The van der Waals surface area contributed by atoms with Gasteiger partial charge in [0.05, 0.1) is 6.54 Å². The topological polar surface area (TPSA) is 62.5 Å². The predicted octanol–water partition coefficient (Wildman–Crippen LogP) is 4.38. The highest BCUT2D eigenvalue weighted by Crippen LogP contribution is 2.61. The Hall–Kier alpha value is -2.21. The molecular formula is C26H34N4O2. The molecule has 1 aromatic heterocycles. The number of aromatic nitrogens is 2. The van der Waals surface area contributed by atoms with Gasteiger partial charge in [0.25, 0.3) is 5.89 Å². The van der Waals surface area contributed by atoms with Crippen molar-refractivity contribution in [2.45, 2.75) is 57.9 Å². The first-order valence-corrected chi connectivity index (χ1v) is 12.5. The van der Waals surface area contributed by atoms with Crippen LogP contribution in [-0.4, -0.2) is 52.0 Å². The standard InChI is InChI=1S/C26H34N4O2/c31-24(17-26-14-19-11-20(15-26)13-21(12-19)16-26)30-8-4-7-29(9-10-30)18-23-27-25(32-28-23)22-5-2-1-3-6-22/h1-3,5-6,19-21H,4,7-18H2. The third kappa shape index (κ3) is 4.09. The van der Waals surface area contributed by atoms with E-state index >= 15 is 0 Å². The summed E-state index contributed by atoms with van der Waals surface area (Å²) in [6.07, 6.45) is 10.1. The van der Waals surface area contributed by atoms with Gasteiger partial charge >= 0.3 is 0 Å². The number of rotatable bonds is 5. The minimum absolute atomic E-state index is 0.330. The van der Waals surface area contributed by atoms with Gasteiger partial charge in [0.2, 0.25) is 5.91 Å². The van der Waals surface area contributed by atoms with E-state index in [9.17, 15) is 4.79 Å². The number of amides is 1. The molecule has 6 heteroatoms. The molecule has 4 saturated carbocycles. The van der Waals surface area contributed by atoms with Crippen molar-refractivity contribution in [2.75, 3.05) is 26.2 Å². The van der Waals surface area contributed by atoms with Gasteiger partial charge in [0.15, 0.2) is 5.82 Å². The van der Waals surface area contributed by atoms with E-state index in [1.54, 1.807) is 0 Å². The molecule has 2 aromatic rings. The first kappa shape index (κ1) is 20.4. The Morgan fingerprint density at radius 1 is 0.969 bits per heavy atom. The van der Waals surface area contributed by atoms with Gasteiger partial charge in [-0.05, 0) is 80.2 Å². The van der Waals surface area contributed by atoms with Gasteiger partial charge < -0.3 is 9.42 Å². The lowest BCUT2D eigenvalue weighted by atomic mass is 9.49. The van der Waals surface area contributed by atoms with Crippen molar-refractivity contribution in [3.05, 3.63) is 36.2 Å². The van der Waals surface area contributed by atoms with Crippen LogP contribution in [0.4, 0.5) is 0 Å². The maximum Gasteiger partial charge on any atom is 0.257 e. The molecule has 4 aliphatic carbocycles. The van der Waals surface area contributed by atoms with Crippen molar-refractivity contribution >= 4 is 5.91 Å². The summed E-state index contributed by atoms with van der Waals surface area (Å²) in [6, 6.07) is 9.90. The summed E-state index contributed by atoms with van der Waals surface area (Å²) in [6.45, 7) is 4.21. The highest BCUT2D eigenvalue weighted by atomic mass is 16.5. The Balaban J connectivity index is 1.04. The van der Waals surface area contributed by atoms with Crippen molar-refractivity contribution in [2.24, 2.45) is 23.2 Å². The molecule has 6 nitrogen and oxygen atoms in total. The molecule has 0 unspecified atom stereocenters. The third-order valence-electron chi connectivity index (χ3n) is 8.49. The van der Waals surface area contributed by atoms with Crippen LogP contribution < -0.4 is 0 Å². The zero-order valence-corrected chi connectivity index (χ0v) is 18.9. The van der Waals surface area contributed by atoms with Crippen LogP contribution in [0.1, 0.15) is 57.2 Å². The number of carbonyl (C=O) groups excluding carboxylic acids is 1. The molecule has 0 atom stereocenters. The summed E-state index contributed by atoms with van der Waals surface area (Å²) in [4.78, 5) is 22.4. The molecule has 2 heterocycles. The van der Waals surface area contributed by atoms with E-state index in [4.69, 9.17) is 4.52 Å². The largest absolute Gasteiger partial charge is 0.341 e. The average Bonchev–Trinajstić information content (AvgIpc) is 3.10. The molecule has 1 amide bonds. The molecule has 0 radical (unpaired) electrons. The van der Waals surface area contributed by atoms with Crippen LogP contribution in [0, 0.1) is 23.2 Å². The highest BCUT2D eigenvalue weighted by molar-refractivity contribution is 5.77. The fraction of sp³-hybridized carbons (Fsp3) is 0.654. The maximum atomic E-state index is 13.3. The fourth-order valence-electron chi connectivity index (χ4n) is 7.53. The first-order chi connectivity index (χ1) is 15.6. The summed E-state index contributed by atoms with van der Waals surface area (Å²) in [5.74, 6) is 4.41. The van der Waals surface area contributed by atoms with Gasteiger partial charge in [0, 0.05) is 38.2 Å². The molecular weight excluding hydrogens is 400 g/mol. The van der Waals surface area contributed by atoms with Crippen molar-refractivity contribution in [3.8, 4) is 11.5 Å². The van der Waals surface area contributed by atoms with E-state index < -0.39 is 0 Å². The first-order valence-electron chi connectivity index (χ1n) is 12.5. The summed E-state index contributed by atoms with van der Waals surface area (Å²) >= 11 is 0. The normalized spacial score (nSPS) is 32.2. The van der Waals surface area contributed by atoms with E-state index in [0.29, 0.717) is 23.8 Å². The Labute approximate surface area is 190 Å². The highest BCUT2D eigenvalue weighted by Gasteiger charge is 2.51. The molecule has 1 aromatic carbocycles. The predicted molar refractivity (Wildman–Crippen MR) is 121 cm³/mol. The van der Waals surface area contributed by atoms with Gasteiger partial charge in [0.1, 0.15) is 0 Å². The van der Waals surface area contributed by atoms with Crippen molar-refractivity contribution in [1.82, 2.24) is 19.9 Å². The zero-order chi connectivity index (χ0) is 21.5. The molecule has 0 N–H and O–H groups in total. The molecule has 1 saturated heterocycles. The van der Waals surface area contributed by atoms with Crippen LogP contribution in [0.15, 0.2) is 34.9 Å². The zero-order valence-electron chi connectivity index (χ0n) is 18.9. The Morgan fingerprint density at radius 2 is 1.69 bits per heavy atom. The molecule has 4 bridgehead atoms. The average molecular weight is 435 g/mol. The summed E-state index contributed by atoms with van der Waals surface area (Å²) in [5, 5.41) is 4.19. The van der Waals surface area contributed by atoms with E-state index in [0.717, 1.165) is 68.2 Å². The quantitative estimate of drug-likeness (QED) is 0.699. The van der Waals surface area contributed by atoms with E-state index in [2.05, 4.69) is 19.9 Å². The summed E-state index contributed by atoms with van der Waals surface area (Å²) in [5.41, 5.74) is 1.28. The van der Waals surface area contributed by atoms with Gasteiger partial charge in [-0.25, -0.2) is 0 Å². The van der Waals surface area contributed by atoms with Crippen LogP contribution in [0.2, 0.25) is 0 Å². The van der Waals surface area contributed by atoms with Crippen LogP contribution in [0.3, 0.4) is 0 Å². The van der Waals surface area contributed by atoms with Crippen LogP contribution in [0.25, 0.3) is 11.5 Å². The minimum Gasteiger partial charge on any atom is -0.341 e. The van der Waals surface area contributed by atoms with E-state index in [1.807, 2.05) is 30.3 Å². The molecule has 5 aliphatic rings. The molecule has 0 spiro atoms. The van der Waals surface area contributed by atoms with E-state index in [-0.39, 0.29) is 0 Å². The number of nitrogens with zero attached hydrogens (tertiary/aromatic N) is 4. The number of hydrogen-bond donors (Lipinski definition) is 0. The van der Waals surface area contributed by atoms with Crippen molar-refractivity contribution in [3.63, 3.8) is 0 Å². The second-order valence-corrected chi connectivity index (χ2v) is 11.0. The Bertz CT molecular complexity index is 920. The molecule has 5 fully saturated rings. The third-order valence-corrected chi connectivity index (χ3v) is 8.49. The second kappa shape index (κ2) is 8.29. The van der Waals surface area contributed by atoms with Crippen molar-refractivity contribution < 1.29 is 9.32 Å². The number of benzene rings is 1. The lowest BCUT2D eigenvalue weighted by Gasteiger charge is -2.57. The van der Waals surface area contributed by atoms with Crippen LogP contribution in [-0.2, 0) is 11.3 Å². The monoisotopic (exact) mass is 434 g/mol. The van der Waals surface area contributed by atoms with Gasteiger partial charge in [-0.15, -0.1) is 0 Å². The van der Waals surface area contributed by atoms with E-state index in [1.165, 1.54) is 38.5 Å². The van der Waals surface area contributed by atoms with Crippen LogP contribution >= 0.6 is 0 Å². The fourth-order valence-corrected chi connectivity index (χ4v) is 7.53. The lowest BCUT2D eigenvalue weighted by molar-refractivity contribution is -0.139. The molecule has 7 rings (SSSR count). The number of carbonyl (C=O) groups is 1. The minimum atomic E-state index is 0.330. The van der Waals surface area contributed by atoms with Crippen LogP contribution in [0.5, 0.6) is 0 Å². The molecule has 1 aliphatic heterocycles. The lowest BCUT2D eigenvalue weighted by Crippen LogP contribution is -2.48. The van der Waals surface area contributed by atoms with Gasteiger partial charge in [-0.3, -0.25) is 9.69 Å². The second-order valence-electron chi connectivity index (χ2n) is 11.0. The SMILES string of the molecule is O=C(CC12CC3CC(CC(C3)C1)C2)N1CCCN(Cc2noc(-c3ccccc3)n2)CC1. The number of hydrogen-bond acceptors (Lipinski definition) is 5. The summed E-state index contributed by atoms with van der Waals surface area (Å²) in [7, 11) is 0. The Kier molecular flexibility index (Phi) is 5.28. The summed E-state index contributed by atoms with van der Waals surface area (Å²) < 4.78 is 5.46. The molecule has 32 heavy (non-hydrogen) atoms. The van der Waals surface area contributed by atoms with Crippen molar-refractivity contribution in [1.29, 1.82) is 0 Å². The maximum absolute atomic E-state index is 13.3. The molecule has 170 valence electrons. The Morgan fingerprint density at radius 3 is 2.41 bits per heavy atom. The van der Waals surface area contributed by atoms with Gasteiger partial charge in [-0.2, -0.15) is 4.98 Å². The smallest absolute Gasteiger partial charge is 0.257 e.